The Hall–Kier alpha value is -1.71. The van der Waals surface area contributed by atoms with E-state index in [0.29, 0.717) is 13.2 Å². The Bertz CT molecular complexity index is 602. The molecule has 0 aliphatic carbocycles. The number of hydrogen-bond acceptors (Lipinski definition) is 3. The Labute approximate surface area is 158 Å². The molecule has 138 valence electrons. The van der Waals surface area contributed by atoms with E-state index >= 15 is 0 Å². The Kier molecular flexibility index (Phi) is 10.0. The molecule has 1 N–H and O–H groups in total. The Morgan fingerprint density at radius 1 is 0.920 bits per heavy atom. The van der Waals surface area contributed by atoms with Crippen molar-refractivity contribution in [1.29, 1.82) is 0 Å². The van der Waals surface area contributed by atoms with Crippen LogP contribution in [0.3, 0.4) is 0 Å². The van der Waals surface area contributed by atoms with Crippen LogP contribution in [0.15, 0.2) is 48.5 Å². The summed E-state index contributed by atoms with van der Waals surface area (Å²) < 4.78 is 11.7. The Morgan fingerprint density at radius 2 is 1.68 bits per heavy atom. The third kappa shape index (κ3) is 7.80. The van der Waals surface area contributed by atoms with Crippen LogP contribution in [0.4, 0.5) is 0 Å². The SMILES string of the molecule is CCOc1cc(CNCCC(C)C)ccc1OCc1ccccc1.Cl. The number of hydrogen-bond donors (Lipinski definition) is 1. The van der Waals surface area contributed by atoms with Crippen molar-refractivity contribution in [3.8, 4) is 11.5 Å². The van der Waals surface area contributed by atoms with Crippen molar-refractivity contribution < 1.29 is 9.47 Å². The molecule has 0 saturated heterocycles. The molecule has 2 aromatic carbocycles. The molecule has 0 saturated carbocycles. The van der Waals surface area contributed by atoms with Crippen LogP contribution in [0.25, 0.3) is 0 Å². The average molecular weight is 364 g/mol. The minimum atomic E-state index is 0. The molecule has 0 unspecified atom stereocenters. The third-order valence-electron chi connectivity index (χ3n) is 3.77. The zero-order valence-corrected chi connectivity index (χ0v) is 16.3. The molecule has 3 nitrogen and oxygen atoms in total. The highest BCUT2D eigenvalue weighted by Crippen LogP contribution is 2.29. The van der Waals surface area contributed by atoms with Crippen LogP contribution in [0.5, 0.6) is 11.5 Å². The summed E-state index contributed by atoms with van der Waals surface area (Å²) in [4.78, 5) is 0. The zero-order valence-electron chi connectivity index (χ0n) is 15.5. The molecule has 4 heteroatoms. The number of benzene rings is 2. The summed E-state index contributed by atoms with van der Waals surface area (Å²) in [6.45, 7) is 9.55. The molecule has 0 aromatic heterocycles. The van der Waals surface area contributed by atoms with Gasteiger partial charge in [-0.15, -0.1) is 12.4 Å². The summed E-state index contributed by atoms with van der Waals surface area (Å²) in [6.07, 6.45) is 1.19. The van der Waals surface area contributed by atoms with Gasteiger partial charge in [-0.05, 0) is 49.1 Å². The molecular weight excluding hydrogens is 334 g/mol. The normalized spacial score (nSPS) is 10.4. The van der Waals surface area contributed by atoms with E-state index in [0.717, 1.165) is 36.1 Å². The van der Waals surface area contributed by atoms with Gasteiger partial charge in [0.2, 0.25) is 0 Å². The van der Waals surface area contributed by atoms with Gasteiger partial charge in [0.15, 0.2) is 11.5 Å². The number of nitrogens with one attached hydrogen (secondary N) is 1. The smallest absolute Gasteiger partial charge is 0.161 e. The lowest BCUT2D eigenvalue weighted by Crippen LogP contribution is -2.16. The molecule has 0 spiro atoms. The van der Waals surface area contributed by atoms with Crippen LogP contribution in [-0.4, -0.2) is 13.2 Å². The molecule has 0 bridgehead atoms. The summed E-state index contributed by atoms with van der Waals surface area (Å²) in [5.41, 5.74) is 2.37. The monoisotopic (exact) mass is 363 g/mol. The van der Waals surface area contributed by atoms with Crippen LogP contribution >= 0.6 is 12.4 Å². The van der Waals surface area contributed by atoms with Gasteiger partial charge in [-0.25, -0.2) is 0 Å². The summed E-state index contributed by atoms with van der Waals surface area (Å²) in [5, 5.41) is 3.48. The van der Waals surface area contributed by atoms with Gasteiger partial charge in [0.1, 0.15) is 6.61 Å². The van der Waals surface area contributed by atoms with Crippen LogP contribution < -0.4 is 14.8 Å². The minimum Gasteiger partial charge on any atom is -0.490 e. The molecule has 0 fully saturated rings. The molecule has 25 heavy (non-hydrogen) atoms. The molecule has 0 radical (unpaired) electrons. The van der Waals surface area contributed by atoms with Gasteiger partial charge in [0.25, 0.3) is 0 Å². The van der Waals surface area contributed by atoms with E-state index in [1.807, 2.05) is 31.2 Å². The van der Waals surface area contributed by atoms with E-state index in [9.17, 15) is 0 Å². The molecule has 0 amide bonds. The Morgan fingerprint density at radius 3 is 2.36 bits per heavy atom. The topological polar surface area (TPSA) is 30.5 Å². The molecule has 0 heterocycles. The van der Waals surface area contributed by atoms with Crippen LogP contribution in [0.2, 0.25) is 0 Å². The van der Waals surface area contributed by atoms with Crippen molar-refractivity contribution in [2.75, 3.05) is 13.2 Å². The van der Waals surface area contributed by atoms with Gasteiger partial charge in [0, 0.05) is 6.54 Å². The third-order valence-corrected chi connectivity index (χ3v) is 3.77. The summed E-state index contributed by atoms with van der Waals surface area (Å²) in [6, 6.07) is 16.4. The van der Waals surface area contributed by atoms with Gasteiger partial charge < -0.3 is 14.8 Å². The molecule has 0 aliphatic rings. The van der Waals surface area contributed by atoms with E-state index in [2.05, 4.69) is 43.4 Å². The molecule has 2 rings (SSSR count). The highest BCUT2D eigenvalue weighted by atomic mass is 35.5. The van der Waals surface area contributed by atoms with E-state index in [-0.39, 0.29) is 12.4 Å². The predicted molar refractivity (Wildman–Crippen MR) is 107 cm³/mol. The van der Waals surface area contributed by atoms with Crippen molar-refractivity contribution in [2.45, 2.75) is 40.3 Å². The minimum absolute atomic E-state index is 0. The zero-order chi connectivity index (χ0) is 17.2. The van der Waals surface area contributed by atoms with E-state index < -0.39 is 0 Å². The quantitative estimate of drug-likeness (QED) is 0.587. The summed E-state index contributed by atoms with van der Waals surface area (Å²) >= 11 is 0. The molecule has 0 aliphatic heterocycles. The lowest BCUT2D eigenvalue weighted by molar-refractivity contribution is 0.269. The fourth-order valence-electron chi connectivity index (χ4n) is 2.41. The molecular formula is C21H30ClNO2. The van der Waals surface area contributed by atoms with Gasteiger partial charge in [-0.1, -0.05) is 50.2 Å². The number of halogens is 1. The van der Waals surface area contributed by atoms with Gasteiger partial charge >= 0.3 is 0 Å². The summed E-state index contributed by atoms with van der Waals surface area (Å²) in [7, 11) is 0. The van der Waals surface area contributed by atoms with Crippen LogP contribution in [0.1, 0.15) is 38.3 Å². The predicted octanol–water partition coefficient (Wildman–Crippen LogP) is 5.22. The lowest BCUT2D eigenvalue weighted by Gasteiger charge is -2.14. The summed E-state index contributed by atoms with van der Waals surface area (Å²) in [5.74, 6) is 2.34. The van der Waals surface area contributed by atoms with Gasteiger partial charge in [-0.3, -0.25) is 0 Å². The van der Waals surface area contributed by atoms with Crippen molar-refractivity contribution in [2.24, 2.45) is 5.92 Å². The maximum Gasteiger partial charge on any atom is 0.161 e. The first-order chi connectivity index (χ1) is 11.7. The molecule has 2 aromatic rings. The lowest BCUT2D eigenvalue weighted by atomic mass is 10.1. The standard InChI is InChI=1S/C21H29NO2.ClH/c1-4-23-21-14-19(15-22-13-12-17(2)3)10-11-20(21)24-16-18-8-6-5-7-9-18;/h5-11,14,17,22H,4,12-13,15-16H2,1-3H3;1H. The number of ether oxygens (including phenoxy) is 2. The van der Waals surface area contributed by atoms with E-state index in [1.54, 1.807) is 0 Å². The fourth-order valence-corrected chi connectivity index (χ4v) is 2.41. The first-order valence-corrected chi connectivity index (χ1v) is 8.82. The average Bonchev–Trinajstić information content (AvgIpc) is 2.59. The largest absolute Gasteiger partial charge is 0.490 e. The maximum atomic E-state index is 5.94. The first kappa shape index (κ1) is 21.3. The second kappa shape index (κ2) is 11.8. The molecule has 0 atom stereocenters. The van der Waals surface area contributed by atoms with Crippen LogP contribution in [-0.2, 0) is 13.2 Å². The second-order valence-corrected chi connectivity index (χ2v) is 6.35. The van der Waals surface area contributed by atoms with Crippen molar-refractivity contribution in [3.05, 3.63) is 59.7 Å². The van der Waals surface area contributed by atoms with Gasteiger partial charge in [0.05, 0.1) is 6.61 Å². The van der Waals surface area contributed by atoms with E-state index in [1.165, 1.54) is 12.0 Å². The van der Waals surface area contributed by atoms with E-state index in [4.69, 9.17) is 9.47 Å². The van der Waals surface area contributed by atoms with Crippen molar-refractivity contribution >= 4 is 12.4 Å². The van der Waals surface area contributed by atoms with Crippen LogP contribution in [0, 0.1) is 5.92 Å². The second-order valence-electron chi connectivity index (χ2n) is 6.35. The maximum absolute atomic E-state index is 5.94. The van der Waals surface area contributed by atoms with Crippen molar-refractivity contribution in [1.82, 2.24) is 5.32 Å². The number of rotatable bonds is 10. The highest BCUT2D eigenvalue weighted by molar-refractivity contribution is 5.85. The fraction of sp³-hybridized carbons (Fsp3) is 0.429. The van der Waals surface area contributed by atoms with Crippen molar-refractivity contribution in [3.63, 3.8) is 0 Å². The highest BCUT2D eigenvalue weighted by Gasteiger charge is 2.07. The first-order valence-electron chi connectivity index (χ1n) is 8.82. The van der Waals surface area contributed by atoms with Gasteiger partial charge in [-0.2, -0.15) is 0 Å². The Balaban J connectivity index is 0.00000312.